The largest absolute Gasteiger partial charge is 0.507 e. The number of amides is 1. The molecule has 1 rings (SSSR count). The fourth-order valence-electron chi connectivity index (χ4n) is 2.05. The van der Waals surface area contributed by atoms with Crippen LogP contribution < -0.4 is 10.1 Å². The summed E-state index contributed by atoms with van der Waals surface area (Å²) in [5.41, 5.74) is 1.03. The van der Waals surface area contributed by atoms with Crippen LogP contribution in [0.5, 0.6) is 11.5 Å². The van der Waals surface area contributed by atoms with Crippen molar-refractivity contribution in [2.45, 2.75) is 52.5 Å². The van der Waals surface area contributed by atoms with E-state index in [-0.39, 0.29) is 22.6 Å². The summed E-state index contributed by atoms with van der Waals surface area (Å²) < 4.78 is 5.41. The summed E-state index contributed by atoms with van der Waals surface area (Å²) in [7, 11) is 1.60. The summed E-state index contributed by atoms with van der Waals surface area (Å²) >= 11 is 0. The van der Waals surface area contributed by atoms with Gasteiger partial charge in [-0.05, 0) is 44.4 Å². The van der Waals surface area contributed by atoms with Crippen LogP contribution in [-0.2, 0) is 10.2 Å². The molecule has 4 nitrogen and oxygen atoms in total. The number of rotatable bonds is 3. The summed E-state index contributed by atoms with van der Waals surface area (Å²) in [4.78, 5) is 11.8. The van der Waals surface area contributed by atoms with Gasteiger partial charge in [0.15, 0.2) is 0 Å². The number of nitrogens with one attached hydrogen (secondary N) is 1. The molecular weight excluding hydrogens is 278 g/mol. The maximum atomic E-state index is 11.8. The molecule has 22 heavy (non-hydrogen) atoms. The lowest BCUT2D eigenvalue weighted by Gasteiger charge is -2.23. The number of phenolic OH excluding ortho intramolecular Hbond substituents is 1. The topological polar surface area (TPSA) is 58.6 Å². The van der Waals surface area contributed by atoms with Gasteiger partial charge in [-0.2, -0.15) is 0 Å². The van der Waals surface area contributed by atoms with Gasteiger partial charge in [-0.25, -0.2) is 0 Å². The highest BCUT2D eigenvalue weighted by Gasteiger charge is 2.21. The van der Waals surface area contributed by atoms with Crippen LogP contribution in [0.3, 0.4) is 0 Å². The Labute approximate surface area is 133 Å². The van der Waals surface area contributed by atoms with E-state index in [2.05, 4.69) is 26.1 Å². The van der Waals surface area contributed by atoms with Crippen LogP contribution in [0.1, 0.15) is 52.7 Å². The molecule has 0 aliphatic rings. The Balaban J connectivity index is 3.10. The maximum absolute atomic E-state index is 11.8. The van der Waals surface area contributed by atoms with Gasteiger partial charge < -0.3 is 15.2 Å². The molecule has 0 unspecified atom stereocenters. The second-order valence-electron chi connectivity index (χ2n) is 7.43. The average Bonchev–Trinajstić information content (AvgIpc) is 2.33. The second-order valence-corrected chi connectivity index (χ2v) is 7.43. The molecule has 4 heteroatoms. The number of hydrogen-bond acceptors (Lipinski definition) is 3. The Hall–Kier alpha value is -1.97. The number of carbonyl (C=O) groups excluding carboxylic acids is 1. The number of aromatic hydroxyl groups is 1. The van der Waals surface area contributed by atoms with Crippen molar-refractivity contribution < 1.29 is 14.6 Å². The number of phenols is 1. The molecule has 1 aromatic rings. The molecule has 1 amide bonds. The summed E-state index contributed by atoms with van der Waals surface area (Å²) in [6.45, 7) is 11.9. The minimum Gasteiger partial charge on any atom is -0.507 e. The van der Waals surface area contributed by atoms with Crippen LogP contribution in [0.25, 0.3) is 6.08 Å². The van der Waals surface area contributed by atoms with Crippen LogP contribution in [0.2, 0.25) is 0 Å². The van der Waals surface area contributed by atoms with Gasteiger partial charge in [0.05, 0.1) is 7.11 Å². The van der Waals surface area contributed by atoms with E-state index in [9.17, 15) is 9.90 Å². The Morgan fingerprint density at radius 2 is 1.77 bits per heavy atom. The molecule has 0 atom stereocenters. The van der Waals surface area contributed by atoms with Gasteiger partial charge in [0.1, 0.15) is 11.5 Å². The lowest BCUT2D eigenvalue weighted by Crippen LogP contribution is -2.39. The van der Waals surface area contributed by atoms with E-state index in [4.69, 9.17) is 4.74 Å². The minimum atomic E-state index is -0.294. The van der Waals surface area contributed by atoms with Crippen LogP contribution in [-0.4, -0.2) is 23.7 Å². The SMILES string of the molecule is COc1cc(/C=C/C(=O)NC(C)(C)C)c(O)cc1C(C)(C)C. The van der Waals surface area contributed by atoms with Crippen molar-refractivity contribution in [2.24, 2.45) is 0 Å². The summed E-state index contributed by atoms with van der Waals surface area (Å²) in [6.07, 6.45) is 3.00. The minimum absolute atomic E-state index is 0.130. The van der Waals surface area contributed by atoms with E-state index in [0.717, 1.165) is 5.56 Å². The van der Waals surface area contributed by atoms with Crippen molar-refractivity contribution in [2.75, 3.05) is 7.11 Å². The predicted molar refractivity (Wildman–Crippen MR) is 90.3 cm³/mol. The molecule has 122 valence electrons. The van der Waals surface area contributed by atoms with Gasteiger partial charge in [-0.3, -0.25) is 4.79 Å². The first-order valence-corrected chi connectivity index (χ1v) is 7.36. The van der Waals surface area contributed by atoms with Crippen LogP contribution in [0.4, 0.5) is 0 Å². The van der Waals surface area contributed by atoms with Crippen molar-refractivity contribution in [1.29, 1.82) is 0 Å². The first-order chi connectivity index (χ1) is 9.94. The molecule has 0 aliphatic heterocycles. The van der Waals surface area contributed by atoms with E-state index in [1.165, 1.54) is 6.08 Å². The van der Waals surface area contributed by atoms with Gasteiger partial charge in [0.25, 0.3) is 0 Å². The quantitative estimate of drug-likeness (QED) is 0.838. The normalized spacial score (nSPS) is 12.5. The van der Waals surface area contributed by atoms with E-state index in [1.807, 2.05) is 20.8 Å². The first kappa shape index (κ1) is 18.1. The molecule has 0 aromatic heterocycles. The monoisotopic (exact) mass is 305 g/mol. The molecule has 0 radical (unpaired) electrons. The molecule has 1 aromatic carbocycles. The highest BCUT2D eigenvalue weighted by Crippen LogP contribution is 2.36. The molecular formula is C18H27NO3. The zero-order valence-corrected chi connectivity index (χ0v) is 14.6. The lowest BCUT2D eigenvalue weighted by atomic mass is 9.85. The third kappa shape index (κ3) is 5.10. The van der Waals surface area contributed by atoms with E-state index >= 15 is 0 Å². The van der Waals surface area contributed by atoms with Crippen LogP contribution in [0.15, 0.2) is 18.2 Å². The number of methoxy groups -OCH3 is 1. The predicted octanol–water partition coefficient (Wildman–Crippen LogP) is 3.63. The van der Waals surface area contributed by atoms with Crippen molar-refractivity contribution in [3.63, 3.8) is 0 Å². The summed E-state index contributed by atoms with van der Waals surface area (Å²) in [5.74, 6) is 0.623. The Bertz CT molecular complexity index is 575. The number of ether oxygens (including phenoxy) is 1. The van der Waals surface area contributed by atoms with Crippen molar-refractivity contribution in [3.8, 4) is 11.5 Å². The lowest BCUT2D eigenvalue weighted by molar-refractivity contribution is -0.117. The fourth-order valence-corrected chi connectivity index (χ4v) is 2.05. The van der Waals surface area contributed by atoms with Gasteiger partial charge in [0.2, 0.25) is 5.91 Å². The highest BCUT2D eigenvalue weighted by atomic mass is 16.5. The molecule has 0 heterocycles. The van der Waals surface area contributed by atoms with E-state index < -0.39 is 0 Å². The molecule has 0 bridgehead atoms. The molecule has 0 fully saturated rings. The Kier molecular flexibility index (Phi) is 5.28. The van der Waals surface area contributed by atoms with Gasteiger partial charge in [-0.1, -0.05) is 20.8 Å². The van der Waals surface area contributed by atoms with Crippen LogP contribution in [0, 0.1) is 0 Å². The van der Waals surface area contributed by atoms with E-state index in [1.54, 1.807) is 25.3 Å². The molecule has 0 spiro atoms. The van der Waals surface area contributed by atoms with Gasteiger partial charge in [0, 0.05) is 22.7 Å². The molecule has 0 saturated heterocycles. The smallest absolute Gasteiger partial charge is 0.244 e. The first-order valence-electron chi connectivity index (χ1n) is 7.36. The zero-order valence-electron chi connectivity index (χ0n) is 14.6. The molecule has 0 aliphatic carbocycles. The van der Waals surface area contributed by atoms with Crippen molar-refractivity contribution in [1.82, 2.24) is 5.32 Å². The molecule has 0 saturated carbocycles. The standard InChI is InChI=1S/C18H27NO3/c1-17(2,3)13-11-14(20)12(10-15(13)22-7)8-9-16(21)19-18(4,5)6/h8-11,20H,1-7H3,(H,19,21)/b9-8+. The van der Waals surface area contributed by atoms with Crippen molar-refractivity contribution >= 4 is 12.0 Å². The average molecular weight is 305 g/mol. The third-order valence-corrected chi connectivity index (χ3v) is 3.07. The van der Waals surface area contributed by atoms with Gasteiger partial charge in [-0.15, -0.1) is 0 Å². The Morgan fingerprint density at radius 3 is 2.23 bits per heavy atom. The number of hydrogen-bond donors (Lipinski definition) is 2. The van der Waals surface area contributed by atoms with Gasteiger partial charge >= 0.3 is 0 Å². The van der Waals surface area contributed by atoms with E-state index in [0.29, 0.717) is 11.3 Å². The molecule has 2 N–H and O–H groups in total. The zero-order chi connectivity index (χ0) is 17.1. The van der Waals surface area contributed by atoms with Crippen molar-refractivity contribution in [3.05, 3.63) is 29.3 Å². The number of benzene rings is 1. The second kappa shape index (κ2) is 6.42. The summed E-state index contributed by atoms with van der Waals surface area (Å²) in [6, 6.07) is 3.44. The highest BCUT2D eigenvalue weighted by molar-refractivity contribution is 5.92. The Morgan fingerprint density at radius 1 is 1.18 bits per heavy atom. The summed E-state index contributed by atoms with van der Waals surface area (Å²) in [5, 5.41) is 13.0. The third-order valence-electron chi connectivity index (χ3n) is 3.07. The van der Waals surface area contributed by atoms with Crippen LogP contribution >= 0.6 is 0 Å². The fraction of sp³-hybridized carbons (Fsp3) is 0.500. The number of carbonyl (C=O) groups is 1. The maximum Gasteiger partial charge on any atom is 0.244 e.